The second-order valence-electron chi connectivity index (χ2n) is 8.00. The molecule has 0 radical (unpaired) electrons. The first-order valence-corrected chi connectivity index (χ1v) is 8.94. The third-order valence-electron chi connectivity index (χ3n) is 5.82. The van der Waals surface area contributed by atoms with Gasteiger partial charge in [0, 0.05) is 18.3 Å². The third kappa shape index (κ3) is 2.77. The SMILES string of the molecule is Cc1nc(C(C)C)c2c(c1C)[C@H](C)[C@H](C)[C@H](C)CN2C(C)C. The number of hydrogen-bond donors (Lipinski definition) is 0. The van der Waals surface area contributed by atoms with Crippen LogP contribution in [0.15, 0.2) is 0 Å². The predicted molar refractivity (Wildman–Crippen MR) is 97.0 cm³/mol. The number of fused-ring (bicyclic) bond motifs is 1. The van der Waals surface area contributed by atoms with E-state index < -0.39 is 0 Å². The maximum atomic E-state index is 5.00. The quantitative estimate of drug-likeness (QED) is 0.724. The summed E-state index contributed by atoms with van der Waals surface area (Å²) in [6.07, 6.45) is 0. The fourth-order valence-electron chi connectivity index (χ4n) is 3.88. The van der Waals surface area contributed by atoms with Crippen LogP contribution in [0.1, 0.15) is 82.8 Å². The summed E-state index contributed by atoms with van der Waals surface area (Å²) in [4.78, 5) is 7.62. The van der Waals surface area contributed by atoms with Crippen LogP contribution in [0.2, 0.25) is 0 Å². The minimum atomic E-state index is 0.463. The second-order valence-corrected chi connectivity index (χ2v) is 8.00. The lowest BCUT2D eigenvalue weighted by Gasteiger charge is -2.34. The van der Waals surface area contributed by atoms with Crippen LogP contribution in [-0.2, 0) is 0 Å². The minimum Gasteiger partial charge on any atom is -0.367 e. The van der Waals surface area contributed by atoms with Gasteiger partial charge in [0.2, 0.25) is 0 Å². The van der Waals surface area contributed by atoms with Crippen molar-refractivity contribution in [1.29, 1.82) is 0 Å². The van der Waals surface area contributed by atoms with E-state index >= 15 is 0 Å². The summed E-state index contributed by atoms with van der Waals surface area (Å²) in [6.45, 7) is 22.0. The molecule has 0 fully saturated rings. The van der Waals surface area contributed by atoms with Gasteiger partial charge in [-0.2, -0.15) is 0 Å². The standard InChI is InChI=1S/C20H34N2/c1-11(2)19-20-18(16(8)17(9)21-19)15(7)14(6)13(5)10-22(20)12(3)4/h11-15H,10H2,1-9H3/t13-,14-,15-/m1/s1. The highest BCUT2D eigenvalue weighted by Crippen LogP contribution is 2.45. The number of aromatic nitrogens is 1. The van der Waals surface area contributed by atoms with Crippen molar-refractivity contribution in [2.45, 2.75) is 80.2 Å². The lowest BCUT2D eigenvalue weighted by atomic mass is 9.80. The molecule has 1 aromatic rings. The molecule has 2 heteroatoms. The number of nitrogens with zero attached hydrogens (tertiary/aromatic N) is 2. The van der Waals surface area contributed by atoms with E-state index in [2.05, 4.69) is 67.2 Å². The van der Waals surface area contributed by atoms with Crippen molar-refractivity contribution < 1.29 is 0 Å². The van der Waals surface area contributed by atoms with Gasteiger partial charge >= 0.3 is 0 Å². The van der Waals surface area contributed by atoms with Crippen LogP contribution in [0.3, 0.4) is 0 Å². The largest absolute Gasteiger partial charge is 0.367 e. The molecule has 124 valence electrons. The van der Waals surface area contributed by atoms with Crippen molar-refractivity contribution in [3.05, 3.63) is 22.5 Å². The summed E-state index contributed by atoms with van der Waals surface area (Å²) in [5.74, 6) is 2.45. The van der Waals surface area contributed by atoms with Crippen LogP contribution in [-0.4, -0.2) is 17.6 Å². The van der Waals surface area contributed by atoms with E-state index in [1.807, 2.05) is 0 Å². The number of hydrogen-bond acceptors (Lipinski definition) is 2. The van der Waals surface area contributed by atoms with E-state index in [9.17, 15) is 0 Å². The van der Waals surface area contributed by atoms with E-state index in [0.717, 1.165) is 6.54 Å². The van der Waals surface area contributed by atoms with E-state index in [1.54, 1.807) is 5.56 Å². The molecule has 0 spiro atoms. The van der Waals surface area contributed by atoms with Crippen molar-refractivity contribution >= 4 is 5.69 Å². The van der Waals surface area contributed by atoms with Gasteiger partial charge in [-0.25, -0.2) is 0 Å². The Morgan fingerprint density at radius 1 is 1.05 bits per heavy atom. The first-order chi connectivity index (χ1) is 10.2. The predicted octanol–water partition coefficient (Wildman–Crippen LogP) is 5.43. The van der Waals surface area contributed by atoms with Crippen LogP contribution in [0, 0.1) is 25.7 Å². The molecule has 2 heterocycles. The highest BCUT2D eigenvalue weighted by molar-refractivity contribution is 5.64. The summed E-state index contributed by atoms with van der Waals surface area (Å²) < 4.78 is 0. The number of anilines is 1. The Morgan fingerprint density at radius 2 is 1.64 bits per heavy atom. The van der Waals surface area contributed by atoms with E-state index in [0.29, 0.717) is 29.7 Å². The molecule has 0 bridgehead atoms. The molecule has 0 aromatic carbocycles. The number of pyridine rings is 1. The zero-order chi connectivity index (χ0) is 16.8. The fraction of sp³-hybridized carbons (Fsp3) is 0.750. The first kappa shape index (κ1) is 17.3. The minimum absolute atomic E-state index is 0.463. The molecule has 0 amide bonds. The van der Waals surface area contributed by atoms with Crippen LogP contribution in [0.4, 0.5) is 5.69 Å². The molecule has 0 saturated carbocycles. The van der Waals surface area contributed by atoms with Gasteiger partial charge in [-0.3, -0.25) is 4.98 Å². The summed E-state index contributed by atoms with van der Waals surface area (Å²) in [5, 5.41) is 0. The van der Waals surface area contributed by atoms with Gasteiger partial charge < -0.3 is 4.90 Å². The molecule has 0 saturated heterocycles. The Morgan fingerprint density at radius 3 is 2.14 bits per heavy atom. The van der Waals surface area contributed by atoms with E-state index in [1.165, 1.54) is 22.6 Å². The lowest BCUT2D eigenvalue weighted by molar-refractivity contribution is 0.346. The van der Waals surface area contributed by atoms with E-state index in [-0.39, 0.29) is 0 Å². The molecular formula is C20H34N2. The summed E-state index contributed by atoms with van der Waals surface area (Å²) in [5.41, 5.74) is 6.90. The van der Waals surface area contributed by atoms with Crippen molar-refractivity contribution in [1.82, 2.24) is 4.98 Å². The molecule has 1 aromatic heterocycles. The first-order valence-electron chi connectivity index (χ1n) is 8.94. The Kier molecular flexibility index (Phi) is 4.89. The smallest absolute Gasteiger partial charge is 0.0668 e. The summed E-state index contributed by atoms with van der Waals surface area (Å²) in [6, 6.07) is 0.514. The fourth-order valence-corrected chi connectivity index (χ4v) is 3.88. The molecule has 2 nitrogen and oxygen atoms in total. The highest BCUT2D eigenvalue weighted by Gasteiger charge is 2.35. The normalized spacial score (nSPS) is 25.6. The zero-order valence-electron chi connectivity index (χ0n) is 16.0. The molecule has 22 heavy (non-hydrogen) atoms. The molecule has 1 aliphatic heterocycles. The van der Waals surface area contributed by atoms with Crippen LogP contribution in [0.25, 0.3) is 0 Å². The van der Waals surface area contributed by atoms with Crippen LogP contribution in [0.5, 0.6) is 0 Å². The van der Waals surface area contributed by atoms with Gasteiger partial charge in [0.25, 0.3) is 0 Å². The van der Waals surface area contributed by atoms with Gasteiger partial charge in [0.15, 0.2) is 0 Å². The molecule has 3 atom stereocenters. The van der Waals surface area contributed by atoms with Crippen molar-refractivity contribution in [3.8, 4) is 0 Å². The number of aryl methyl sites for hydroxylation is 1. The molecule has 1 aliphatic rings. The van der Waals surface area contributed by atoms with E-state index in [4.69, 9.17) is 4.98 Å². The Balaban J connectivity index is 2.81. The topological polar surface area (TPSA) is 16.1 Å². The van der Waals surface area contributed by atoms with Crippen molar-refractivity contribution in [3.63, 3.8) is 0 Å². The molecule has 0 N–H and O–H groups in total. The Hall–Kier alpha value is -1.05. The lowest BCUT2D eigenvalue weighted by Crippen LogP contribution is -2.36. The maximum absolute atomic E-state index is 5.00. The zero-order valence-corrected chi connectivity index (χ0v) is 16.0. The van der Waals surface area contributed by atoms with Gasteiger partial charge in [-0.1, -0.05) is 34.6 Å². The average Bonchev–Trinajstić information content (AvgIpc) is 2.53. The Labute approximate surface area is 137 Å². The van der Waals surface area contributed by atoms with Gasteiger partial charge in [-0.15, -0.1) is 0 Å². The van der Waals surface area contributed by atoms with Crippen molar-refractivity contribution in [2.75, 3.05) is 11.4 Å². The third-order valence-corrected chi connectivity index (χ3v) is 5.82. The summed E-state index contributed by atoms with van der Waals surface area (Å²) in [7, 11) is 0. The van der Waals surface area contributed by atoms with Crippen LogP contribution >= 0.6 is 0 Å². The average molecular weight is 303 g/mol. The van der Waals surface area contributed by atoms with Crippen LogP contribution < -0.4 is 4.90 Å². The maximum Gasteiger partial charge on any atom is 0.0668 e. The van der Waals surface area contributed by atoms with Gasteiger partial charge in [-0.05, 0) is 62.5 Å². The van der Waals surface area contributed by atoms with Crippen molar-refractivity contribution in [2.24, 2.45) is 11.8 Å². The number of rotatable bonds is 2. The monoisotopic (exact) mass is 302 g/mol. The Bertz CT molecular complexity index is 545. The van der Waals surface area contributed by atoms with Gasteiger partial charge in [0.05, 0.1) is 11.4 Å². The molecule has 2 rings (SSSR count). The molecule has 0 unspecified atom stereocenters. The summed E-state index contributed by atoms with van der Waals surface area (Å²) >= 11 is 0. The molecule has 0 aliphatic carbocycles. The van der Waals surface area contributed by atoms with Gasteiger partial charge in [0.1, 0.15) is 0 Å². The highest BCUT2D eigenvalue weighted by atomic mass is 15.2. The molecular weight excluding hydrogens is 268 g/mol. The second kappa shape index (κ2) is 6.22.